The molecule has 0 unspecified atom stereocenters. The first-order valence-electron chi connectivity index (χ1n) is 6.42. The first kappa shape index (κ1) is 15.2. The van der Waals surface area contributed by atoms with Crippen molar-refractivity contribution in [3.05, 3.63) is 34.9 Å². The monoisotopic (exact) mass is 264 g/mol. The molecule has 0 aliphatic rings. The molecule has 2 N–H and O–H groups in total. The first-order chi connectivity index (χ1) is 8.87. The fourth-order valence-electron chi connectivity index (χ4n) is 2.25. The molecular formula is C15H20O4. The second-order valence-electron chi connectivity index (χ2n) is 4.85. The Morgan fingerprint density at radius 1 is 1.11 bits per heavy atom. The van der Waals surface area contributed by atoms with E-state index in [0.29, 0.717) is 0 Å². The Labute approximate surface area is 113 Å². The van der Waals surface area contributed by atoms with Gasteiger partial charge in [-0.3, -0.25) is 9.59 Å². The van der Waals surface area contributed by atoms with Gasteiger partial charge < -0.3 is 10.2 Å². The Morgan fingerprint density at radius 2 is 1.68 bits per heavy atom. The van der Waals surface area contributed by atoms with Crippen molar-refractivity contribution in [3.8, 4) is 0 Å². The zero-order valence-corrected chi connectivity index (χ0v) is 11.6. The summed E-state index contributed by atoms with van der Waals surface area (Å²) >= 11 is 0. The van der Waals surface area contributed by atoms with E-state index in [1.807, 2.05) is 32.0 Å². The Balaban J connectivity index is 3.24. The van der Waals surface area contributed by atoms with E-state index in [4.69, 9.17) is 0 Å². The van der Waals surface area contributed by atoms with Gasteiger partial charge in [-0.05, 0) is 37.3 Å². The molecule has 0 radical (unpaired) electrons. The van der Waals surface area contributed by atoms with Gasteiger partial charge >= 0.3 is 11.9 Å². The van der Waals surface area contributed by atoms with Crippen molar-refractivity contribution >= 4 is 11.9 Å². The van der Waals surface area contributed by atoms with E-state index in [-0.39, 0.29) is 12.8 Å². The van der Waals surface area contributed by atoms with Gasteiger partial charge in [0.25, 0.3) is 0 Å². The molecule has 0 bridgehead atoms. The van der Waals surface area contributed by atoms with E-state index in [2.05, 4.69) is 0 Å². The minimum Gasteiger partial charge on any atom is -0.480 e. The largest absolute Gasteiger partial charge is 0.480 e. The van der Waals surface area contributed by atoms with Gasteiger partial charge in [0.1, 0.15) is 0 Å². The highest BCUT2D eigenvalue weighted by Crippen LogP contribution is 2.30. The van der Waals surface area contributed by atoms with Crippen LogP contribution >= 0.6 is 0 Å². The smallest absolute Gasteiger partial charge is 0.321 e. The first-order valence-corrected chi connectivity index (χ1v) is 6.42. The summed E-state index contributed by atoms with van der Waals surface area (Å²) in [5.74, 6) is -2.55. The molecule has 1 aromatic carbocycles. The molecule has 0 fully saturated rings. The molecule has 0 spiro atoms. The molecule has 1 aromatic rings. The molecule has 1 rings (SSSR count). The average molecular weight is 264 g/mol. The lowest BCUT2D eigenvalue weighted by Crippen LogP contribution is -2.41. The predicted molar refractivity (Wildman–Crippen MR) is 72.3 cm³/mol. The Bertz CT molecular complexity index is 477. The van der Waals surface area contributed by atoms with Crippen LogP contribution in [-0.4, -0.2) is 22.2 Å². The molecule has 104 valence electrons. The molecular weight excluding hydrogens is 244 g/mol. The molecule has 4 nitrogen and oxygen atoms in total. The zero-order valence-electron chi connectivity index (χ0n) is 11.6. The summed E-state index contributed by atoms with van der Waals surface area (Å²) in [6, 6.07) is 5.71. The molecule has 0 saturated heterocycles. The van der Waals surface area contributed by atoms with Gasteiger partial charge in [-0.2, -0.15) is 0 Å². The predicted octanol–water partition coefficient (Wildman–Crippen LogP) is 2.67. The zero-order chi connectivity index (χ0) is 14.6. The average Bonchev–Trinajstić information content (AvgIpc) is 2.36. The van der Waals surface area contributed by atoms with Gasteiger partial charge in [0.15, 0.2) is 5.41 Å². The standard InChI is InChI=1S/C15H20O4/c1-4-11-8-10(3)6-7-12(11)9-15(5-2,13(16)17)14(18)19/h6-8H,4-5,9H2,1-3H3,(H,16,17)(H,18,19). The van der Waals surface area contributed by atoms with E-state index in [9.17, 15) is 19.8 Å². The lowest BCUT2D eigenvalue weighted by atomic mass is 9.78. The van der Waals surface area contributed by atoms with E-state index in [1.165, 1.54) is 0 Å². The van der Waals surface area contributed by atoms with Gasteiger partial charge in [0.2, 0.25) is 0 Å². The lowest BCUT2D eigenvalue weighted by molar-refractivity contribution is -0.164. The van der Waals surface area contributed by atoms with Crippen LogP contribution in [0.4, 0.5) is 0 Å². The van der Waals surface area contributed by atoms with E-state index in [1.54, 1.807) is 6.92 Å². The van der Waals surface area contributed by atoms with Gasteiger partial charge in [-0.25, -0.2) is 0 Å². The summed E-state index contributed by atoms with van der Waals surface area (Å²) in [7, 11) is 0. The van der Waals surface area contributed by atoms with Crippen LogP contribution in [0.15, 0.2) is 18.2 Å². The second-order valence-corrected chi connectivity index (χ2v) is 4.85. The lowest BCUT2D eigenvalue weighted by Gasteiger charge is -2.24. The molecule has 4 heteroatoms. The summed E-state index contributed by atoms with van der Waals surface area (Å²) < 4.78 is 0. The molecule has 0 amide bonds. The fraction of sp³-hybridized carbons (Fsp3) is 0.467. The van der Waals surface area contributed by atoms with Crippen LogP contribution in [0.5, 0.6) is 0 Å². The van der Waals surface area contributed by atoms with Crippen LogP contribution in [0.2, 0.25) is 0 Å². The summed E-state index contributed by atoms with van der Waals surface area (Å²) in [6.45, 7) is 5.54. The molecule has 0 aromatic heterocycles. The third-order valence-electron chi connectivity index (χ3n) is 3.66. The maximum atomic E-state index is 11.4. The molecule has 0 aliphatic heterocycles. The van der Waals surface area contributed by atoms with Crippen LogP contribution < -0.4 is 0 Å². The number of hydrogen-bond donors (Lipinski definition) is 2. The fourth-order valence-corrected chi connectivity index (χ4v) is 2.25. The minimum atomic E-state index is -1.74. The van der Waals surface area contributed by atoms with Crippen molar-refractivity contribution in [1.82, 2.24) is 0 Å². The van der Waals surface area contributed by atoms with Crippen LogP contribution in [0.25, 0.3) is 0 Å². The highest BCUT2D eigenvalue weighted by Gasteiger charge is 2.45. The van der Waals surface area contributed by atoms with E-state index in [0.717, 1.165) is 23.1 Å². The van der Waals surface area contributed by atoms with Gasteiger partial charge in [0, 0.05) is 0 Å². The Kier molecular flexibility index (Phi) is 4.70. The number of rotatable bonds is 6. The number of aliphatic carboxylic acids is 2. The quantitative estimate of drug-likeness (QED) is 0.775. The maximum Gasteiger partial charge on any atom is 0.321 e. The summed E-state index contributed by atoms with van der Waals surface area (Å²) in [5, 5.41) is 18.6. The third-order valence-corrected chi connectivity index (χ3v) is 3.66. The van der Waals surface area contributed by atoms with Crippen LogP contribution in [0.1, 0.15) is 37.0 Å². The topological polar surface area (TPSA) is 74.6 Å². The molecule has 0 heterocycles. The van der Waals surface area contributed by atoms with Crippen LogP contribution in [0.3, 0.4) is 0 Å². The van der Waals surface area contributed by atoms with Crippen molar-refractivity contribution in [2.24, 2.45) is 5.41 Å². The van der Waals surface area contributed by atoms with Crippen molar-refractivity contribution < 1.29 is 19.8 Å². The van der Waals surface area contributed by atoms with Crippen LogP contribution in [-0.2, 0) is 22.4 Å². The maximum absolute atomic E-state index is 11.4. The van der Waals surface area contributed by atoms with Crippen LogP contribution in [0, 0.1) is 12.3 Å². The third kappa shape index (κ3) is 2.95. The number of benzene rings is 1. The Morgan fingerprint density at radius 3 is 2.11 bits per heavy atom. The van der Waals surface area contributed by atoms with Crippen molar-refractivity contribution in [3.63, 3.8) is 0 Å². The number of carboxylic acids is 2. The Hall–Kier alpha value is -1.84. The normalized spacial score (nSPS) is 11.3. The number of aryl methyl sites for hydroxylation is 2. The van der Waals surface area contributed by atoms with Crippen molar-refractivity contribution in [2.45, 2.75) is 40.0 Å². The molecule has 0 atom stereocenters. The number of carboxylic acid groups (broad SMARTS) is 2. The highest BCUT2D eigenvalue weighted by atomic mass is 16.4. The molecule has 0 saturated carbocycles. The number of hydrogen-bond acceptors (Lipinski definition) is 2. The molecule has 0 aliphatic carbocycles. The molecule has 19 heavy (non-hydrogen) atoms. The van der Waals surface area contributed by atoms with Crippen molar-refractivity contribution in [1.29, 1.82) is 0 Å². The second kappa shape index (κ2) is 5.87. The number of carbonyl (C=O) groups is 2. The SMILES string of the molecule is CCc1cc(C)ccc1CC(CC)(C(=O)O)C(=O)O. The minimum absolute atomic E-state index is 0.0254. The van der Waals surface area contributed by atoms with Gasteiger partial charge in [0.05, 0.1) is 0 Å². The van der Waals surface area contributed by atoms with Gasteiger partial charge in [-0.15, -0.1) is 0 Å². The highest BCUT2D eigenvalue weighted by molar-refractivity contribution is 5.98. The van der Waals surface area contributed by atoms with E-state index < -0.39 is 17.4 Å². The van der Waals surface area contributed by atoms with Gasteiger partial charge in [-0.1, -0.05) is 37.6 Å². The summed E-state index contributed by atoms with van der Waals surface area (Å²) in [5.41, 5.74) is 1.17. The summed E-state index contributed by atoms with van der Waals surface area (Å²) in [4.78, 5) is 22.8. The van der Waals surface area contributed by atoms with E-state index >= 15 is 0 Å². The van der Waals surface area contributed by atoms with Crippen molar-refractivity contribution in [2.75, 3.05) is 0 Å². The summed E-state index contributed by atoms with van der Waals surface area (Å²) in [6.07, 6.45) is 0.850.